The van der Waals surface area contributed by atoms with Crippen molar-refractivity contribution in [1.29, 1.82) is 0 Å². The predicted octanol–water partition coefficient (Wildman–Crippen LogP) is 25.5. The number of aliphatic carboxylic acids is 3. The monoisotopic (exact) mass is 2090 g/mol. The predicted molar refractivity (Wildman–Crippen MR) is 555 cm³/mol. The number of esters is 6. The zero-order valence-corrected chi connectivity index (χ0v) is 92.3. The van der Waals surface area contributed by atoms with Gasteiger partial charge in [0.2, 0.25) is 0 Å². The minimum absolute atomic E-state index is 0. The number of cyclic esters (lactones) is 3. The van der Waals surface area contributed by atoms with E-state index in [4.69, 9.17) is 28.4 Å². The summed E-state index contributed by atoms with van der Waals surface area (Å²) in [7, 11) is 0. The first-order valence-electron chi connectivity index (χ1n) is 54.4. The molecule has 25 heteroatoms. The van der Waals surface area contributed by atoms with Crippen molar-refractivity contribution in [3.63, 3.8) is 0 Å². The Morgan fingerprint density at radius 2 is 0.421 bits per heavy atom. The Hall–Kier alpha value is -1.85. The topological polar surface area (TPSA) is 278 Å². The zero-order chi connectivity index (χ0) is 96.3. The van der Waals surface area contributed by atoms with Crippen LogP contribution in [0.25, 0.3) is 0 Å². The van der Waals surface area contributed by atoms with Crippen LogP contribution >= 0.6 is 73.2 Å². The van der Waals surface area contributed by atoms with Gasteiger partial charge in [-0.2, -0.15) is 37.9 Å². The van der Waals surface area contributed by atoms with E-state index < -0.39 is 32.1 Å². The van der Waals surface area contributed by atoms with Crippen molar-refractivity contribution in [2.75, 3.05) is 56.9 Å². The summed E-state index contributed by atoms with van der Waals surface area (Å²) in [5, 5.41) is 32.5. The molecule has 18 nitrogen and oxygen atoms in total. The van der Waals surface area contributed by atoms with Gasteiger partial charge in [0.15, 0.2) is 0 Å². The van der Waals surface area contributed by atoms with Crippen molar-refractivity contribution in [1.82, 2.24) is 0 Å². The van der Waals surface area contributed by atoms with Gasteiger partial charge in [-0.15, -0.1) is 35.3 Å². The second-order valence-corrected chi connectivity index (χ2v) is 47.4. The summed E-state index contributed by atoms with van der Waals surface area (Å²) < 4.78 is 30.9. The SMILES string of the molecule is CCCCCCC1SC23CC(COC1=O)(COC2=O)C3.CCCCCCC1SC23CC(COC1=O)(COC2=O)C3.CCCCCCC1SC23CC(COC1=O)(COC2=O)C3.CCCCCCCCCCCCCCCCC(CCCS)C(=O)[O-].CCCCCCCCCCCCCCCCC(CCCS)C(=O)[O-].CCCCCCCCCCCCCCCCC(CCCS)C(=O)[O-].[Sb+3]. The van der Waals surface area contributed by atoms with Crippen molar-refractivity contribution in [2.45, 2.75) is 534 Å². The molecule has 12 rings (SSSR count). The minimum Gasteiger partial charge on any atom is -0.550 e. The minimum atomic E-state index is -0.869. The Balaban J connectivity index is 0.000000411. The van der Waals surface area contributed by atoms with Crippen LogP contribution < -0.4 is 15.3 Å². The number of rotatable bonds is 72. The molecule has 0 aromatic heterocycles. The van der Waals surface area contributed by atoms with Crippen molar-refractivity contribution >= 4 is 151 Å². The van der Waals surface area contributed by atoms with Crippen LogP contribution in [0.3, 0.4) is 0 Å². The van der Waals surface area contributed by atoms with Gasteiger partial charge >= 0.3 is 60.2 Å². The van der Waals surface area contributed by atoms with Crippen LogP contribution in [0.1, 0.15) is 504 Å². The van der Waals surface area contributed by atoms with Crippen LogP contribution in [0, 0.1) is 34.0 Å². The van der Waals surface area contributed by atoms with E-state index in [-0.39, 0.29) is 110 Å². The summed E-state index contributed by atoms with van der Waals surface area (Å²) in [6, 6.07) is 0. The number of thiol groups is 3. The fourth-order valence-corrected chi connectivity index (χ4v) is 27.0. The molecule has 0 amide bonds. The molecule has 3 saturated carbocycles. The van der Waals surface area contributed by atoms with E-state index in [1.165, 1.54) is 324 Å². The van der Waals surface area contributed by atoms with Crippen molar-refractivity contribution in [2.24, 2.45) is 34.0 Å². The third kappa shape index (κ3) is 50.8. The molecule has 12 fully saturated rings. The van der Waals surface area contributed by atoms with E-state index in [2.05, 4.69) is 79.4 Å². The molecule has 0 aromatic carbocycles. The fourth-order valence-electron chi connectivity index (χ4n) is 20.7. The summed E-state index contributed by atoms with van der Waals surface area (Å²) in [6.45, 7) is 15.8. The second kappa shape index (κ2) is 75.9. The maximum atomic E-state index is 12.1. The normalized spacial score (nSPS) is 24.4. The molecule has 770 valence electrons. The molecule has 2 radical (unpaired) electrons. The van der Waals surface area contributed by atoms with Gasteiger partial charge in [0.05, 0.1) is 0 Å². The smallest absolute Gasteiger partial charge is 0.550 e. The van der Waals surface area contributed by atoms with Crippen molar-refractivity contribution in [3.05, 3.63) is 0 Å². The summed E-state index contributed by atoms with van der Waals surface area (Å²) >= 11 is 17.0. The Kier molecular flexibility index (Phi) is 71.5. The number of carboxylic acids is 3. The molecule has 0 aromatic rings. The van der Waals surface area contributed by atoms with Crippen molar-refractivity contribution in [3.8, 4) is 0 Å². The maximum absolute atomic E-state index is 12.1. The number of carbonyl (C=O) groups is 9. The number of unbranched alkanes of at least 4 members (excludes halogenated alkanes) is 48. The molecule has 9 saturated heterocycles. The zero-order valence-electron chi connectivity index (χ0n) is 84.6. The Labute approximate surface area is 856 Å². The Bertz CT molecular complexity index is 2760. The van der Waals surface area contributed by atoms with Crippen LogP contribution in [0.4, 0.5) is 0 Å². The van der Waals surface area contributed by atoms with Crippen molar-refractivity contribution < 1.29 is 86.9 Å². The standard InChI is InChI=1S/3C21H42O2S.3C15H22O4S.Sb/c3*1-2-3-4-5-6-7-8-9-10-11-12-13-14-15-17-20(21(22)23)18-16-19-24;3*1-2-3-4-5-6-11-12(16)18-9-14-7-15(8-14,20-11)13(17)19-10-14;/h3*20,24H,2-19H2,1H3,(H,22,23);3*11H,2-10H2,1H3;/q;;;;;;+3/p-3. The Morgan fingerprint density at radius 1 is 0.263 bits per heavy atom. The van der Waals surface area contributed by atoms with Crippen LogP contribution in [0.15, 0.2) is 0 Å². The number of ether oxygens (including phenoxy) is 6. The number of fused-ring (bicyclic) bond motifs is 6. The number of hydrogen-bond acceptors (Lipinski definition) is 24. The van der Waals surface area contributed by atoms with E-state index in [1.54, 1.807) is 0 Å². The molecule has 133 heavy (non-hydrogen) atoms. The first-order valence-corrected chi connectivity index (χ1v) is 59.0. The molecule has 0 spiro atoms. The quantitative estimate of drug-likeness (QED) is 0.0168. The molecule has 12 aliphatic rings. The third-order valence-electron chi connectivity index (χ3n) is 28.9. The molecule has 3 aliphatic carbocycles. The first kappa shape index (κ1) is 125. The Morgan fingerprint density at radius 3 is 0.594 bits per heavy atom. The van der Waals surface area contributed by atoms with E-state index in [0.29, 0.717) is 39.6 Å². The van der Waals surface area contributed by atoms with E-state index >= 15 is 0 Å². The van der Waals surface area contributed by atoms with Gasteiger partial charge in [-0.3, -0.25) is 28.8 Å². The summed E-state index contributed by atoms with van der Waals surface area (Å²) in [5.41, 5.74) is -0.239. The van der Waals surface area contributed by atoms with Crippen LogP contribution in [-0.2, 0) is 71.6 Å². The fraction of sp³-hybridized carbons (Fsp3) is 0.917. The number of thioether (sulfide) groups is 3. The van der Waals surface area contributed by atoms with Crippen LogP contribution in [0.5, 0.6) is 0 Å². The maximum Gasteiger partial charge on any atom is 3.00 e. The molecule has 6 unspecified atom stereocenters. The molecule has 6 bridgehead atoms. The number of hydrogen-bond donors (Lipinski definition) is 3. The summed E-state index contributed by atoms with van der Waals surface area (Å²) in [5.74, 6) is -1.80. The van der Waals surface area contributed by atoms with Crippen LogP contribution in [-0.4, -0.2) is 165 Å². The van der Waals surface area contributed by atoms with Gasteiger partial charge in [-0.05, 0) is 151 Å². The number of carboxylic acid groups (broad SMARTS) is 3. The van der Waals surface area contributed by atoms with Crippen LogP contribution in [0.2, 0.25) is 0 Å². The second-order valence-electron chi connectivity index (χ2n) is 41.3. The van der Waals surface area contributed by atoms with E-state index in [9.17, 15) is 58.5 Å². The van der Waals surface area contributed by atoms with E-state index in [1.807, 2.05) is 0 Å². The molecular weight excluding hydrogens is 1900 g/mol. The van der Waals surface area contributed by atoms with E-state index in [0.717, 1.165) is 191 Å². The van der Waals surface area contributed by atoms with Gasteiger partial charge in [-0.1, -0.05) is 388 Å². The summed E-state index contributed by atoms with van der Waals surface area (Å²) in [6.07, 6.45) is 84.3. The molecule has 9 heterocycles. The molecular formula is C108H189O18S6Sb. The average Bonchev–Trinajstić information content (AvgIpc) is 0.719. The summed E-state index contributed by atoms with van der Waals surface area (Å²) in [4.78, 5) is 106. The van der Waals surface area contributed by atoms with Gasteiger partial charge in [0.25, 0.3) is 0 Å². The van der Waals surface area contributed by atoms with Gasteiger partial charge < -0.3 is 58.1 Å². The largest absolute Gasteiger partial charge is 3.00 e. The molecule has 6 atom stereocenters. The third-order valence-corrected chi connectivity index (χ3v) is 34.7. The molecule has 9 aliphatic heterocycles. The van der Waals surface area contributed by atoms with Gasteiger partial charge in [0.1, 0.15) is 69.6 Å². The van der Waals surface area contributed by atoms with Gasteiger partial charge in [-0.25, -0.2) is 0 Å². The number of carbonyl (C=O) groups excluding carboxylic acids is 9. The first-order chi connectivity index (χ1) is 63.9. The average molecular weight is 2090 g/mol. The van der Waals surface area contributed by atoms with Gasteiger partial charge in [0, 0.05) is 34.2 Å². The molecule has 0 N–H and O–H groups in total.